The molecule has 17 heavy (non-hydrogen) atoms. The molecule has 2 heteroatoms. The Labute approximate surface area is 108 Å². The van der Waals surface area contributed by atoms with Gasteiger partial charge in [-0.15, -0.1) is 0 Å². The van der Waals surface area contributed by atoms with Gasteiger partial charge in [0.2, 0.25) is 0 Å². The molecule has 0 atom stereocenters. The van der Waals surface area contributed by atoms with Gasteiger partial charge in [-0.2, -0.15) is 0 Å². The lowest BCUT2D eigenvalue weighted by atomic mass is 10.4. The fraction of sp³-hybridized carbons (Fsp3) is 0.667. The molecule has 0 aromatic carbocycles. The topological polar surface area (TPSA) is 12.9 Å². The van der Waals surface area contributed by atoms with Crippen LogP contribution in [-0.2, 0) is 6.04 Å². The summed E-state index contributed by atoms with van der Waals surface area (Å²) in [4.78, 5) is 4.55. The van der Waals surface area contributed by atoms with Gasteiger partial charge in [-0.25, -0.2) is 0 Å². The molecule has 0 amide bonds. The van der Waals surface area contributed by atoms with Crippen LogP contribution < -0.4 is 0 Å². The molecule has 1 rings (SSSR count). The zero-order valence-electron chi connectivity index (χ0n) is 12.2. The van der Waals surface area contributed by atoms with Crippen LogP contribution >= 0.6 is 0 Å². The van der Waals surface area contributed by atoms with Crippen LogP contribution in [0.25, 0.3) is 0 Å². The predicted octanol–water partition coefficient (Wildman–Crippen LogP) is 4.84. The highest BCUT2D eigenvalue weighted by atomic mass is 28.3. The van der Waals surface area contributed by atoms with Crippen molar-refractivity contribution in [2.75, 3.05) is 0 Å². The van der Waals surface area contributed by atoms with Crippen LogP contribution in [-0.4, -0.2) is 13.1 Å². The molecular weight excluding hydrogens is 222 g/mol. The molecule has 1 aromatic heterocycles. The van der Waals surface area contributed by atoms with Crippen molar-refractivity contribution < 1.29 is 0 Å². The standard InChI is InChI=1S/C15H27NSi/c1-12(2)17(13(3)4,14(5)6)11-15-9-7-8-10-16-15/h7-10,12-14H,11H2,1-6H3. The summed E-state index contributed by atoms with van der Waals surface area (Å²) in [5, 5.41) is 0. The molecule has 96 valence electrons. The number of nitrogens with zero attached hydrogens (tertiary/aromatic N) is 1. The van der Waals surface area contributed by atoms with Crippen LogP contribution in [0.1, 0.15) is 47.2 Å². The molecule has 0 unspecified atom stereocenters. The Morgan fingerprint density at radius 2 is 1.47 bits per heavy atom. The molecule has 0 saturated heterocycles. The Morgan fingerprint density at radius 3 is 1.82 bits per heavy atom. The fourth-order valence-corrected chi connectivity index (χ4v) is 9.49. The zero-order valence-corrected chi connectivity index (χ0v) is 13.2. The molecular formula is C15H27NSi. The minimum atomic E-state index is -1.33. The third-order valence-corrected chi connectivity index (χ3v) is 11.9. The lowest BCUT2D eigenvalue weighted by molar-refractivity contribution is 0.792. The maximum atomic E-state index is 4.55. The van der Waals surface area contributed by atoms with Crippen LogP contribution in [0.2, 0.25) is 16.6 Å². The highest BCUT2D eigenvalue weighted by molar-refractivity contribution is 6.82. The fourth-order valence-electron chi connectivity index (χ4n) is 3.43. The Balaban J connectivity index is 3.07. The Kier molecular flexibility index (Phi) is 4.93. The first-order chi connectivity index (χ1) is 7.91. The van der Waals surface area contributed by atoms with Crippen LogP contribution in [0.4, 0.5) is 0 Å². The van der Waals surface area contributed by atoms with Crippen LogP contribution in [0.3, 0.4) is 0 Å². The third kappa shape index (κ3) is 2.98. The lowest BCUT2D eigenvalue weighted by Gasteiger charge is -2.43. The van der Waals surface area contributed by atoms with Crippen molar-refractivity contribution in [3.8, 4) is 0 Å². The van der Waals surface area contributed by atoms with Gasteiger partial charge in [0.15, 0.2) is 0 Å². The summed E-state index contributed by atoms with van der Waals surface area (Å²) >= 11 is 0. The predicted molar refractivity (Wildman–Crippen MR) is 79.0 cm³/mol. The highest BCUT2D eigenvalue weighted by Crippen LogP contribution is 2.43. The van der Waals surface area contributed by atoms with E-state index in [-0.39, 0.29) is 0 Å². The number of rotatable bonds is 5. The maximum Gasteiger partial charge on any atom is 0.0673 e. The van der Waals surface area contributed by atoms with Crippen molar-refractivity contribution in [2.45, 2.75) is 64.2 Å². The number of hydrogen-bond donors (Lipinski definition) is 0. The van der Waals surface area contributed by atoms with Gasteiger partial charge in [-0.3, -0.25) is 4.98 Å². The van der Waals surface area contributed by atoms with E-state index in [9.17, 15) is 0 Å². The molecule has 0 N–H and O–H groups in total. The number of aromatic nitrogens is 1. The van der Waals surface area contributed by atoms with Gasteiger partial charge in [0.25, 0.3) is 0 Å². The first-order valence-corrected chi connectivity index (χ1v) is 9.25. The molecule has 0 bridgehead atoms. The normalized spacial score (nSPS) is 12.8. The van der Waals surface area contributed by atoms with E-state index in [0.717, 1.165) is 16.6 Å². The van der Waals surface area contributed by atoms with Gasteiger partial charge >= 0.3 is 0 Å². The monoisotopic (exact) mass is 249 g/mol. The molecule has 0 spiro atoms. The summed E-state index contributed by atoms with van der Waals surface area (Å²) in [6.45, 7) is 14.5. The van der Waals surface area contributed by atoms with E-state index in [0.29, 0.717) is 0 Å². The number of hydrogen-bond acceptors (Lipinski definition) is 1. The summed E-state index contributed by atoms with van der Waals surface area (Å²) in [5.74, 6) is 0. The van der Waals surface area contributed by atoms with Gasteiger partial charge < -0.3 is 0 Å². The molecule has 0 radical (unpaired) electrons. The highest BCUT2D eigenvalue weighted by Gasteiger charge is 2.42. The molecule has 1 heterocycles. The Hall–Kier alpha value is -0.633. The van der Waals surface area contributed by atoms with E-state index in [1.54, 1.807) is 0 Å². The molecule has 0 aliphatic carbocycles. The first-order valence-electron chi connectivity index (χ1n) is 6.81. The summed E-state index contributed by atoms with van der Waals surface area (Å²) in [7, 11) is -1.33. The molecule has 1 aromatic rings. The average molecular weight is 249 g/mol. The second-order valence-corrected chi connectivity index (χ2v) is 12.1. The molecule has 0 fully saturated rings. The molecule has 0 aliphatic heterocycles. The minimum Gasteiger partial charge on any atom is -0.262 e. The SMILES string of the molecule is CC(C)[Si](Cc1ccccn1)(C(C)C)C(C)C. The molecule has 0 aliphatic rings. The number of pyridine rings is 1. The van der Waals surface area contributed by atoms with Crippen molar-refractivity contribution in [3.05, 3.63) is 30.1 Å². The summed E-state index contributed by atoms with van der Waals surface area (Å²) < 4.78 is 0. The van der Waals surface area contributed by atoms with E-state index in [1.807, 2.05) is 12.3 Å². The minimum absolute atomic E-state index is 0.810. The summed E-state index contributed by atoms with van der Waals surface area (Å²) in [6.07, 6.45) is 1.93. The van der Waals surface area contributed by atoms with Gasteiger partial charge in [0.05, 0.1) is 8.07 Å². The molecule has 0 saturated carbocycles. The van der Waals surface area contributed by atoms with Crippen molar-refractivity contribution >= 4 is 8.07 Å². The van der Waals surface area contributed by atoms with Crippen molar-refractivity contribution in [1.29, 1.82) is 0 Å². The van der Waals surface area contributed by atoms with Crippen LogP contribution in [0, 0.1) is 0 Å². The Bertz CT molecular complexity index is 308. The van der Waals surface area contributed by atoms with E-state index in [4.69, 9.17) is 0 Å². The average Bonchev–Trinajstić information content (AvgIpc) is 2.25. The van der Waals surface area contributed by atoms with Crippen molar-refractivity contribution in [2.24, 2.45) is 0 Å². The summed E-state index contributed by atoms with van der Waals surface area (Å²) in [5.41, 5.74) is 3.72. The second-order valence-electron chi connectivity index (χ2n) is 6.07. The lowest BCUT2D eigenvalue weighted by Crippen LogP contribution is -2.47. The molecule has 1 nitrogen and oxygen atoms in total. The van der Waals surface area contributed by atoms with Gasteiger partial charge in [-0.05, 0) is 18.2 Å². The van der Waals surface area contributed by atoms with E-state index in [2.05, 4.69) is 58.7 Å². The smallest absolute Gasteiger partial charge is 0.0673 e. The quantitative estimate of drug-likeness (QED) is 0.680. The second kappa shape index (κ2) is 5.81. The van der Waals surface area contributed by atoms with E-state index < -0.39 is 8.07 Å². The largest absolute Gasteiger partial charge is 0.262 e. The van der Waals surface area contributed by atoms with Crippen molar-refractivity contribution in [3.63, 3.8) is 0 Å². The van der Waals surface area contributed by atoms with Gasteiger partial charge in [0.1, 0.15) is 0 Å². The van der Waals surface area contributed by atoms with E-state index in [1.165, 1.54) is 11.7 Å². The van der Waals surface area contributed by atoms with Crippen LogP contribution in [0.15, 0.2) is 24.4 Å². The van der Waals surface area contributed by atoms with Gasteiger partial charge in [0, 0.05) is 11.9 Å². The van der Waals surface area contributed by atoms with E-state index >= 15 is 0 Å². The Morgan fingerprint density at radius 1 is 0.941 bits per heavy atom. The zero-order chi connectivity index (χ0) is 13.1. The summed E-state index contributed by atoms with van der Waals surface area (Å²) in [6, 6.07) is 7.53. The third-order valence-electron chi connectivity index (χ3n) is 4.44. The van der Waals surface area contributed by atoms with Gasteiger partial charge in [-0.1, -0.05) is 64.2 Å². The first kappa shape index (κ1) is 14.4. The van der Waals surface area contributed by atoms with Crippen LogP contribution in [0.5, 0.6) is 0 Å². The maximum absolute atomic E-state index is 4.55. The van der Waals surface area contributed by atoms with Crippen molar-refractivity contribution in [1.82, 2.24) is 4.98 Å².